The Morgan fingerprint density at radius 2 is 1.41 bits per heavy atom. The molecule has 8 nitrogen and oxygen atoms in total. The third kappa shape index (κ3) is 3.38. The average molecular weight is 446 g/mol. The smallest absolute Gasteiger partial charge is 0.224 e. The molecule has 0 saturated carbocycles. The molecule has 2 aliphatic carbocycles. The van der Waals surface area contributed by atoms with Crippen LogP contribution in [0.15, 0.2) is 35.1 Å². The average Bonchev–Trinajstić information content (AvgIpc) is 2.81. The number of ether oxygens (including phenoxy) is 6. The number of benzene rings is 1. The van der Waals surface area contributed by atoms with Crippen molar-refractivity contribution < 1.29 is 38.0 Å². The van der Waals surface area contributed by atoms with E-state index in [9.17, 15) is 9.59 Å². The van der Waals surface area contributed by atoms with Crippen LogP contribution >= 0.6 is 0 Å². The van der Waals surface area contributed by atoms with E-state index in [-0.39, 0.29) is 28.8 Å². The topological polar surface area (TPSA) is 89.5 Å². The van der Waals surface area contributed by atoms with Gasteiger partial charge in [-0.25, -0.2) is 0 Å². The molecule has 0 heterocycles. The molecule has 2 aliphatic rings. The normalized spacial score (nSPS) is 27.6. The van der Waals surface area contributed by atoms with Crippen molar-refractivity contribution in [3.05, 3.63) is 40.7 Å². The van der Waals surface area contributed by atoms with Gasteiger partial charge >= 0.3 is 0 Å². The van der Waals surface area contributed by atoms with E-state index in [2.05, 4.69) is 0 Å². The van der Waals surface area contributed by atoms with Crippen LogP contribution in [0.25, 0.3) is 0 Å². The molecule has 0 aliphatic heterocycles. The number of methoxy groups -OCH3 is 6. The standard InChI is InChI=1S/C24H30O8/c1-12-19(13-9-16(28-4)17(29-5)11-15(13)27-3)21-20(23(31-7)24(12,2)32-8)14(25)10-18(30-6)22(21)26/h9-12,19,23H,1-8H3/t12-,19+,23-,24+/m0/s1. The third-order valence-electron chi connectivity index (χ3n) is 6.75. The SMILES string of the molecule is COC1=CC(=O)C2=C(C1=O)[C@@H](c1cc(OC)c(OC)cc1OC)[C@H](C)[C@@](C)(OC)[C@H]2OC. The fourth-order valence-corrected chi connectivity index (χ4v) is 4.85. The Morgan fingerprint density at radius 1 is 0.812 bits per heavy atom. The summed E-state index contributed by atoms with van der Waals surface area (Å²) in [5.74, 6) is -0.126. The van der Waals surface area contributed by atoms with Gasteiger partial charge in [0.2, 0.25) is 5.78 Å². The van der Waals surface area contributed by atoms with E-state index >= 15 is 0 Å². The molecular weight excluding hydrogens is 416 g/mol. The number of carbonyl (C=O) groups is 2. The summed E-state index contributed by atoms with van der Waals surface area (Å²) in [6.07, 6.45) is 0.466. The summed E-state index contributed by atoms with van der Waals surface area (Å²) in [5.41, 5.74) is 0.336. The highest BCUT2D eigenvalue weighted by Gasteiger charge is 2.56. The highest BCUT2D eigenvalue weighted by atomic mass is 16.5. The first-order valence-corrected chi connectivity index (χ1v) is 10.2. The molecule has 4 atom stereocenters. The lowest BCUT2D eigenvalue weighted by Gasteiger charge is -2.50. The Labute approximate surface area is 188 Å². The van der Waals surface area contributed by atoms with E-state index in [0.717, 1.165) is 0 Å². The van der Waals surface area contributed by atoms with Crippen molar-refractivity contribution in [2.45, 2.75) is 31.5 Å². The fraction of sp³-hybridized carbons (Fsp3) is 0.500. The monoisotopic (exact) mass is 446 g/mol. The van der Waals surface area contributed by atoms with Gasteiger partial charge in [-0.1, -0.05) is 6.92 Å². The molecule has 174 valence electrons. The minimum Gasteiger partial charge on any atom is -0.496 e. The van der Waals surface area contributed by atoms with Crippen molar-refractivity contribution in [1.82, 2.24) is 0 Å². The first-order valence-electron chi connectivity index (χ1n) is 10.2. The summed E-state index contributed by atoms with van der Waals surface area (Å²) in [6.45, 7) is 3.84. The maximum atomic E-state index is 13.5. The molecule has 0 unspecified atom stereocenters. The zero-order chi connectivity index (χ0) is 23.8. The first kappa shape index (κ1) is 23.8. The summed E-state index contributed by atoms with van der Waals surface area (Å²) < 4.78 is 33.5. The maximum Gasteiger partial charge on any atom is 0.224 e. The number of allylic oxidation sites excluding steroid dienone is 2. The predicted octanol–water partition coefficient (Wildman–Crippen LogP) is 2.84. The first-order chi connectivity index (χ1) is 15.2. The predicted molar refractivity (Wildman–Crippen MR) is 116 cm³/mol. The van der Waals surface area contributed by atoms with E-state index < -0.39 is 17.6 Å². The molecular formula is C24H30O8. The molecule has 0 fully saturated rings. The Hall–Kier alpha value is -2.84. The molecule has 1 aromatic rings. The van der Waals surface area contributed by atoms with E-state index in [1.807, 2.05) is 13.8 Å². The van der Waals surface area contributed by atoms with Crippen molar-refractivity contribution in [2.24, 2.45) is 5.92 Å². The van der Waals surface area contributed by atoms with Crippen molar-refractivity contribution >= 4 is 11.6 Å². The summed E-state index contributed by atoms with van der Waals surface area (Å²) in [4.78, 5) is 26.7. The van der Waals surface area contributed by atoms with Gasteiger partial charge in [0.1, 0.15) is 11.9 Å². The molecule has 0 saturated heterocycles. The highest BCUT2D eigenvalue weighted by Crippen LogP contribution is 2.54. The molecule has 0 bridgehead atoms. The number of rotatable bonds is 7. The lowest BCUT2D eigenvalue weighted by molar-refractivity contribution is -0.142. The molecule has 0 spiro atoms. The van der Waals surface area contributed by atoms with Crippen LogP contribution in [-0.2, 0) is 23.8 Å². The molecule has 3 rings (SSSR count). The Morgan fingerprint density at radius 3 is 1.91 bits per heavy atom. The summed E-state index contributed by atoms with van der Waals surface area (Å²) in [7, 11) is 9.05. The molecule has 32 heavy (non-hydrogen) atoms. The molecule has 0 amide bonds. The van der Waals surface area contributed by atoms with Crippen LogP contribution in [0.2, 0.25) is 0 Å². The maximum absolute atomic E-state index is 13.5. The van der Waals surface area contributed by atoms with E-state index in [0.29, 0.717) is 28.4 Å². The number of hydrogen-bond donors (Lipinski definition) is 0. The van der Waals surface area contributed by atoms with Crippen molar-refractivity contribution in [3.63, 3.8) is 0 Å². The van der Waals surface area contributed by atoms with Crippen LogP contribution in [0.4, 0.5) is 0 Å². The second kappa shape index (κ2) is 8.96. The van der Waals surface area contributed by atoms with Crippen LogP contribution in [0, 0.1) is 5.92 Å². The zero-order valence-electron chi connectivity index (χ0n) is 19.7. The Bertz CT molecular complexity index is 992. The highest BCUT2D eigenvalue weighted by molar-refractivity contribution is 6.23. The van der Waals surface area contributed by atoms with Crippen LogP contribution in [-0.4, -0.2) is 65.9 Å². The molecule has 0 N–H and O–H groups in total. The van der Waals surface area contributed by atoms with Gasteiger partial charge in [-0.05, 0) is 18.9 Å². The lowest BCUT2D eigenvalue weighted by Crippen LogP contribution is -2.56. The zero-order valence-corrected chi connectivity index (χ0v) is 19.7. The third-order valence-corrected chi connectivity index (χ3v) is 6.75. The molecule has 1 aromatic carbocycles. The number of ketones is 2. The molecule has 0 radical (unpaired) electrons. The Kier molecular flexibility index (Phi) is 6.67. The van der Waals surface area contributed by atoms with Crippen LogP contribution < -0.4 is 14.2 Å². The summed E-state index contributed by atoms with van der Waals surface area (Å²) >= 11 is 0. The lowest BCUT2D eigenvalue weighted by atomic mass is 9.61. The van der Waals surface area contributed by atoms with E-state index in [1.165, 1.54) is 41.6 Å². The number of carbonyl (C=O) groups excluding carboxylic acids is 2. The van der Waals surface area contributed by atoms with Gasteiger partial charge in [0.25, 0.3) is 0 Å². The van der Waals surface area contributed by atoms with Crippen LogP contribution in [0.1, 0.15) is 25.3 Å². The quantitative estimate of drug-likeness (QED) is 0.591. The molecule has 0 aromatic heterocycles. The van der Waals surface area contributed by atoms with Gasteiger partial charge in [0.05, 0.1) is 34.0 Å². The summed E-state index contributed by atoms with van der Waals surface area (Å²) in [6, 6.07) is 3.48. The van der Waals surface area contributed by atoms with Crippen molar-refractivity contribution in [3.8, 4) is 17.2 Å². The fourth-order valence-electron chi connectivity index (χ4n) is 4.85. The van der Waals surface area contributed by atoms with Crippen LogP contribution in [0.3, 0.4) is 0 Å². The number of Topliss-reactive ketones (excluding diaryl/α,β-unsaturated/α-hetero) is 1. The number of hydrogen-bond acceptors (Lipinski definition) is 8. The van der Waals surface area contributed by atoms with Crippen molar-refractivity contribution in [2.75, 3.05) is 42.7 Å². The van der Waals surface area contributed by atoms with Crippen molar-refractivity contribution in [1.29, 1.82) is 0 Å². The summed E-state index contributed by atoms with van der Waals surface area (Å²) in [5, 5.41) is 0. The van der Waals surface area contributed by atoms with Gasteiger partial charge in [0, 0.05) is 49.0 Å². The second-order valence-electron chi connectivity index (χ2n) is 7.95. The van der Waals surface area contributed by atoms with Gasteiger partial charge < -0.3 is 28.4 Å². The second-order valence-corrected chi connectivity index (χ2v) is 7.95. The van der Waals surface area contributed by atoms with E-state index in [1.54, 1.807) is 19.2 Å². The van der Waals surface area contributed by atoms with Gasteiger partial charge in [-0.15, -0.1) is 0 Å². The minimum absolute atomic E-state index is 0.0127. The van der Waals surface area contributed by atoms with E-state index in [4.69, 9.17) is 28.4 Å². The Balaban J connectivity index is 2.39. The van der Waals surface area contributed by atoms with Gasteiger partial charge in [0.15, 0.2) is 23.0 Å². The van der Waals surface area contributed by atoms with Gasteiger partial charge in [-0.3, -0.25) is 9.59 Å². The molecule has 8 heteroatoms. The van der Waals surface area contributed by atoms with Gasteiger partial charge in [-0.2, -0.15) is 0 Å². The minimum atomic E-state index is -0.912. The van der Waals surface area contributed by atoms with Crippen LogP contribution in [0.5, 0.6) is 17.2 Å². The largest absolute Gasteiger partial charge is 0.496 e.